The van der Waals surface area contributed by atoms with Crippen LogP contribution in [0.3, 0.4) is 0 Å². The second-order valence-electron chi connectivity index (χ2n) is 5.34. The minimum absolute atomic E-state index is 0.121. The van der Waals surface area contributed by atoms with Crippen LogP contribution >= 0.6 is 11.3 Å². The van der Waals surface area contributed by atoms with E-state index in [1.54, 1.807) is 25.2 Å². The average molecular weight is 328 g/mol. The van der Waals surface area contributed by atoms with Crippen molar-refractivity contribution in [3.8, 4) is 0 Å². The molecular formula is C16H16N4O2S. The van der Waals surface area contributed by atoms with E-state index in [2.05, 4.69) is 15.0 Å². The maximum Gasteiger partial charge on any atom is 0.266 e. The lowest BCUT2D eigenvalue weighted by atomic mass is 10.2. The fraction of sp³-hybridized carbons (Fsp3) is 0.250. The van der Waals surface area contributed by atoms with Crippen LogP contribution in [-0.4, -0.2) is 32.8 Å². The van der Waals surface area contributed by atoms with Crippen molar-refractivity contribution < 1.29 is 4.79 Å². The monoisotopic (exact) mass is 328 g/mol. The minimum atomic E-state index is -0.198. The molecule has 3 aromatic rings. The van der Waals surface area contributed by atoms with E-state index < -0.39 is 0 Å². The first-order valence-corrected chi connectivity index (χ1v) is 7.95. The summed E-state index contributed by atoms with van der Waals surface area (Å²) in [5.74, 6) is 0.340. The predicted molar refractivity (Wildman–Crippen MR) is 89.7 cm³/mol. The molecule has 3 rings (SSSR count). The van der Waals surface area contributed by atoms with Gasteiger partial charge in [-0.3, -0.25) is 9.59 Å². The number of carbonyl (C=O) groups is 1. The summed E-state index contributed by atoms with van der Waals surface area (Å²) in [7, 11) is 1.69. The van der Waals surface area contributed by atoms with Gasteiger partial charge in [0.1, 0.15) is 10.7 Å². The number of amides is 1. The zero-order chi connectivity index (χ0) is 16.6. The Balaban J connectivity index is 1.88. The lowest BCUT2D eigenvalue weighted by Gasteiger charge is -2.16. The standard InChI is InChI=1S/C16H16N4O2S/c1-9-14(23-10(2)17-9)16(22)20(3)8-13-18-12-7-5-4-6-11(12)15(21)19-13/h4-7H,8H2,1-3H3,(H,18,19,21). The van der Waals surface area contributed by atoms with Crippen molar-refractivity contribution in [2.45, 2.75) is 20.4 Å². The highest BCUT2D eigenvalue weighted by Crippen LogP contribution is 2.19. The van der Waals surface area contributed by atoms with Gasteiger partial charge in [-0.25, -0.2) is 9.97 Å². The van der Waals surface area contributed by atoms with Crippen LogP contribution in [0.1, 0.15) is 26.2 Å². The first kappa shape index (κ1) is 15.4. The van der Waals surface area contributed by atoms with Gasteiger partial charge in [-0.15, -0.1) is 11.3 Å². The maximum atomic E-state index is 12.5. The zero-order valence-electron chi connectivity index (χ0n) is 13.1. The number of hydrogen-bond donors (Lipinski definition) is 1. The van der Waals surface area contributed by atoms with E-state index in [9.17, 15) is 9.59 Å². The van der Waals surface area contributed by atoms with Gasteiger partial charge >= 0.3 is 0 Å². The third-order valence-corrected chi connectivity index (χ3v) is 4.55. The lowest BCUT2D eigenvalue weighted by molar-refractivity contribution is 0.0785. The predicted octanol–water partition coefficient (Wildman–Crippen LogP) is 2.27. The van der Waals surface area contributed by atoms with Gasteiger partial charge in [0.05, 0.1) is 28.1 Å². The molecule has 0 bridgehead atoms. The number of thiazole rings is 1. The summed E-state index contributed by atoms with van der Waals surface area (Å²) in [4.78, 5) is 38.2. The number of fused-ring (bicyclic) bond motifs is 1. The summed E-state index contributed by atoms with van der Waals surface area (Å²) in [6.07, 6.45) is 0. The fourth-order valence-corrected chi connectivity index (χ4v) is 3.32. The molecule has 0 spiro atoms. The second-order valence-corrected chi connectivity index (χ2v) is 6.54. The summed E-state index contributed by atoms with van der Waals surface area (Å²) < 4.78 is 0. The molecule has 2 aromatic heterocycles. The van der Waals surface area contributed by atoms with Crippen molar-refractivity contribution in [3.63, 3.8) is 0 Å². The van der Waals surface area contributed by atoms with Crippen LogP contribution in [0.25, 0.3) is 10.9 Å². The molecule has 0 fully saturated rings. The molecule has 1 aromatic carbocycles. The van der Waals surface area contributed by atoms with E-state index in [4.69, 9.17) is 0 Å². The van der Waals surface area contributed by atoms with Gasteiger partial charge < -0.3 is 9.88 Å². The molecule has 1 N–H and O–H groups in total. The summed E-state index contributed by atoms with van der Waals surface area (Å²) in [5, 5.41) is 1.40. The molecule has 7 heteroatoms. The van der Waals surface area contributed by atoms with Crippen molar-refractivity contribution in [1.29, 1.82) is 0 Å². The van der Waals surface area contributed by atoms with E-state index in [0.29, 0.717) is 21.6 Å². The molecule has 2 heterocycles. The number of hydrogen-bond acceptors (Lipinski definition) is 5. The summed E-state index contributed by atoms with van der Waals surface area (Å²) in [6, 6.07) is 7.14. The SMILES string of the molecule is Cc1nc(C)c(C(=O)N(C)Cc2nc3ccccc3c(=O)[nH]2)s1. The first-order valence-electron chi connectivity index (χ1n) is 7.13. The average Bonchev–Trinajstić information content (AvgIpc) is 2.85. The fourth-order valence-electron chi connectivity index (χ4n) is 2.41. The third kappa shape index (κ3) is 3.00. The van der Waals surface area contributed by atoms with Gasteiger partial charge in [0, 0.05) is 7.05 Å². The molecular weight excluding hydrogens is 312 g/mol. The van der Waals surface area contributed by atoms with Crippen LogP contribution in [0.4, 0.5) is 0 Å². The van der Waals surface area contributed by atoms with Crippen molar-refractivity contribution in [3.05, 3.63) is 56.0 Å². The van der Waals surface area contributed by atoms with Crippen molar-refractivity contribution in [1.82, 2.24) is 19.9 Å². The summed E-state index contributed by atoms with van der Waals surface area (Å²) in [5.41, 5.74) is 1.15. The number of aromatic amines is 1. The Morgan fingerprint density at radius 3 is 2.70 bits per heavy atom. The number of carbonyl (C=O) groups excluding carboxylic acids is 1. The van der Waals surface area contributed by atoms with Crippen LogP contribution in [0.5, 0.6) is 0 Å². The number of nitrogens with one attached hydrogen (secondary N) is 1. The van der Waals surface area contributed by atoms with Gasteiger partial charge in [-0.2, -0.15) is 0 Å². The van der Waals surface area contributed by atoms with Gasteiger partial charge in [0.25, 0.3) is 11.5 Å². The molecule has 0 aliphatic rings. The topological polar surface area (TPSA) is 79.0 Å². The van der Waals surface area contributed by atoms with E-state index in [1.165, 1.54) is 16.2 Å². The summed E-state index contributed by atoms with van der Waals surface area (Å²) >= 11 is 1.37. The lowest BCUT2D eigenvalue weighted by Crippen LogP contribution is -2.28. The summed E-state index contributed by atoms with van der Waals surface area (Å²) in [6.45, 7) is 3.92. The Morgan fingerprint density at radius 2 is 2.00 bits per heavy atom. The van der Waals surface area contributed by atoms with Crippen LogP contribution in [0.15, 0.2) is 29.1 Å². The Labute approximate surface area is 136 Å². The molecule has 0 saturated heterocycles. The smallest absolute Gasteiger partial charge is 0.266 e. The number of aromatic nitrogens is 3. The van der Waals surface area contributed by atoms with Gasteiger partial charge in [0.2, 0.25) is 0 Å². The number of H-pyrrole nitrogens is 1. The van der Waals surface area contributed by atoms with Crippen molar-refractivity contribution in [2.75, 3.05) is 7.05 Å². The highest BCUT2D eigenvalue weighted by Gasteiger charge is 2.19. The van der Waals surface area contributed by atoms with E-state index >= 15 is 0 Å². The largest absolute Gasteiger partial charge is 0.333 e. The molecule has 0 radical (unpaired) electrons. The molecule has 6 nitrogen and oxygen atoms in total. The molecule has 118 valence electrons. The maximum absolute atomic E-state index is 12.5. The third-order valence-electron chi connectivity index (χ3n) is 3.49. The van der Waals surface area contributed by atoms with Gasteiger partial charge in [-0.05, 0) is 26.0 Å². The molecule has 1 amide bonds. The Bertz CT molecular complexity index is 945. The van der Waals surface area contributed by atoms with Crippen LogP contribution in [0.2, 0.25) is 0 Å². The van der Waals surface area contributed by atoms with E-state index in [0.717, 1.165) is 10.7 Å². The van der Waals surface area contributed by atoms with Gasteiger partial charge in [0.15, 0.2) is 0 Å². The van der Waals surface area contributed by atoms with Crippen molar-refractivity contribution >= 4 is 28.1 Å². The molecule has 0 aliphatic carbocycles. The number of para-hydroxylation sites is 1. The number of benzene rings is 1. The van der Waals surface area contributed by atoms with E-state index in [-0.39, 0.29) is 18.0 Å². The second kappa shape index (κ2) is 5.92. The van der Waals surface area contributed by atoms with Crippen LogP contribution in [0, 0.1) is 13.8 Å². The van der Waals surface area contributed by atoms with Gasteiger partial charge in [-0.1, -0.05) is 12.1 Å². The Hall–Kier alpha value is -2.54. The van der Waals surface area contributed by atoms with Crippen molar-refractivity contribution in [2.24, 2.45) is 0 Å². The molecule has 0 unspecified atom stereocenters. The Morgan fingerprint density at radius 1 is 1.26 bits per heavy atom. The minimum Gasteiger partial charge on any atom is -0.333 e. The zero-order valence-corrected chi connectivity index (χ0v) is 13.9. The van der Waals surface area contributed by atoms with Crippen LogP contribution in [-0.2, 0) is 6.54 Å². The number of nitrogens with zero attached hydrogens (tertiary/aromatic N) is 3. The highest BCUT2D eigenvalue weighted by molar-refractivity contribution is 7.13. The molecule has 23 heavy (non-hydrogen) atoms. The van der Waals surface area contributed by atoms with E-state index in [1.807, 2.05) is 19.9 Å². The molecule has 0 saturated carbocycles. The number of rotatable bonds is 3. The normalized spacial score (nSPS) is 10.9. The van der Waals surface area contributed by atoms with Crippen LogP contribution < -0.4 is 5.56 Å². The quantitative estimate of drug-likeness (QED) is 0.800. The highest BCUT2D eigenvalue weighted by atomic mass is 32.1. The number of aryl methyl sites for hydroxylation is 2. The Kier molecular flexibility index (Phi) is 3.96. The molecule has 0 aliphatic heterocycles. The first-order chi connectivity index (χ1) is 11.0. The molecule has 0 atom stereocenters.